The van der Waals surface area contributed by atoms with E-state index in [9.17, 15) is 18.0 Å². The van der Waals surface area contributed by atoms with E-state index in [1.807, 2.05) is 0 Å². The molecule has 0 spiro atoms. The molecule has 0 bridgehead atoms. The highest BCUT2D eigenvalue weighted by atomic mass is 35.5. The number of hydrogen-bond acceptors (Lipinski definition) is 2. The summed E-state index contributed by atoms with van der Waals surface area (Å²) in [6.45, 7) is 1.70. The molecule has 0 saturated carbocycles. The molecule has 0 aliphatic carbocycles. The lowest BCUT2D eigenvalue weighted by atomic mass is 10.0. The summed E-state index contributed by atoms with van der Waals surface area (Å²) in [5.74, 6) is -7.51. The van der Waals surface area contributed by atoms with Crippen LogP contribution >= 0.6 is 23.2 Å². The minimum atomic E-state index is -1.75. The van der Waals surface area contributed by atoms with Crippen molar-refractivity contribution in [3.63, 3.8) is 0 Å². The van der Waals surface area contributed by atoms with E-state index in [1.165, 1.54) is 0 Å². The van der Waals surface area contributed by atoms with Gasteiger partial charge in [0, 0.05) is 11.8 Å². The highest BCUT2D eigenvalue weighted by Gasteiger charge is 2.31. The monoisotopic (exact) mass is 329 g/mol. The number of alkyl halides is 2. The zero-order valence-corrected chi connectivity index (χ0v) is 12.0. The third-order valence-electron chi connectivity index (χ3n) is 2.94. The number of rotatable bonds is 5. The third kappa shape index (κ3) is 3.12. The van der Waals surface area contributed by atoms with Crippen molar-refractivity contribution in [2.24, 2.45) is 0 Å². The molecule has 0 saturated heterocycles. The summed E-state index contributed by atoms with van der Waals surface area (Å²) in [6, 6.07) is 0.364. The molecule has 1 aromatic carbocycles. The fraction of sp³-hybridized carbons (Fsp3) is 0.417. The Bertz CT molecular complexity index is 514. The van der Waals surface area contributed by atoms with Crippen molar-refractivity contribution in [3.05, 3.63) is 29.1 Å². The second-order valence-electron chi connectivity index (χ2n) is 4.24. The Balaban J connectivity index is 3.17. The highest BCUT2D eigenvalue weighted by molar-refractivity contribution is 6.22. The lowest BCUT2D eigenvalue weighted by Crippen LogP contribution is -2.51. The average Bonchev–Trinajstić information content (AvgIpc) is 2.46. The molecule has 112 valence electrons. The minimum Gasteiger partial charge on any atom is -0.503 e. The molecule has 0 radical (unpaired) electrons. The molecule has 2 N–H and O–H groups in total. The van der Waals surface area contributed by atoms with Crippen molar-refractivity contribution < 1.29 is 23.1 Å². The number of nitrogens with one attached hydrogen (secondary N) is 1. The Morgan fingerprint density at radius 2 is 1.85 bits per heavy atom. The van der Waals surface area contributed by atoms with Gasteiger partial charge in [-0.05, 0) is 12.5 Å². The van der Waals surface area contributed by atoms with Crippen LogP contribution in [0.5, 0.6) is 5.75 Å². The smallest absolute Gasteiger partial charge is 0.255 e. The maximum absolute atomic E-state index is 13.6. The fourth-order valence-corrected chi connectivity index (χ4v) is 2.24. The number of phenols is 1. The summed E-state index contributed by atoms with van der Waals surface area (Å²) in [6.07, 6.45) is 0.350. The highest BCUT2D eigenvalue weighted by Crippen LogP contribution is 2.26. The Morgan fingerprint density at radius 1 is 1.30 bits per heavy atom. The molecule has 1 amide bonds. The molecule has 8 heteroatoms. The fourth-order valence-electron chi connectivity index (χ4n) is 1.44. The predicted octanol–water partition coefficient (Wildman–Crippen LogP) is 3.17. The van der Waals surface area contributed by atoms with Crippen LogP contribution in [0.1, 0.15) is 23.7 Å². The number of carbonyl (C=O) groups is 1. The van der Waals surface area contributed by atoms with E-state index in [-0.39, 0.29) is 11.8 Å². The molecule has 0 heterocycles. The van der Waals surface area contributed by atoms with Gasteiger partial charge in [-0.1, -0.05) is 6.92 Å². The first-order valence-electron chi connectivity index (χ1n) is 5.62. The van der Waals surface area contributed by atoms with Crippen LogP contribution in [0.15, 0.2) is 6.07 Å². The van der Waals surface area contributed by atoms with E-state index < -0.39 is 40.2 Å². The molecule has 1 rings (SSSR count). The summed E-state index contributed by atoms with van der Waals surface area (Å²) < 4.78 is 39.7. The van der Waals surface area contributed by atoms with Gasteiger partial charge in [-0.3, -0.25) is 4.79 Å². The van der Waals surface area contributed by atoms with E-state index >= 15 is 0 Å². The molecule has 3 nitrogen and oxygen atoms in total. The quantitative estimate of drug-likeness (QED) is 0.644. The number of amides is 1. The third-order valence-corrected chi connectivity index (χ3v) is 3.97. The van der Waals surface area contributed by atoms with Gasteiger partial charge in [0.1, 0.15) is 0 Å². The largest absolute Gasteiger partial charge is 0.503 e. The first-order chi connectivity index (χ1) is 9.31. The van der Waals surface area contributed by atoms with Crippen LogP contribution in [-0.4, -0.2) is 28.3 Å². The molecule has 0 atom stereocenters. The second kappa shape index (κ2) is 6.54. The molecule has 1 aromatic rings. The van der Waals surface area contributed by atoms with Crippen LogP contribution in [0.25, 0.3) is 0 Å². The minimum absolute atomic E-state index is 0.0456. The zero-order valence-electron chi connectivity index (χ0n) is 10.4. The van der Waals surface area contributed by atoms with Crippen LogP contribution in [-0.2, 0) is 0 Å². The number of phenolic OH excluding ortho intramolecular Hbond substituents is 1. The molecule has 0 fully saturated rings. The van der Waals surface area contributed by atoms with E-state index in [1.54, 1.807) is 6.92 Å². The number of hydrogen-bond donors (Lipinski definition) is 2. The molecule has 0 aliphatic rings. The van der Waals surface area contributed by atoms with Gasteiger partial charge in [0.2, 0.25) is 5.82 Å². The van der Waals surface area contributed by atoms with Gasteiger partial charge in [-0.15, -0.1) is 23.2 Å². The van der Waals surface area contributed by atoms with Crippen LogP contribution < -0.4 is 5.32 Å². The summed E-state index contributed by atoms with van der Waals surface area (Å²) in [7, 11) is 0. The Labute approximate surface area is 123 Å². The van der Waals surface area contributed by atoms with Crippen molar-refractivity contribution >= 4 is 29.1 Å². The first-order valence-corrected chi connectivity index (χ1v) is 6.69. The maximum Gasteiger partial charge on any atom is 0.255 e. The predicted molar refractivity (Wildman–Crippen MR) is 69.9 cm³/mol. The zero-order chi connectivity index (χ0) is 15.5. The van der Waals surface area contributed by atoms with Gasteiger partial charge < -0.3 is 10.4 Å². The molecule has 0 unspecified atom stereocenters. The van der Waals surface area contributed by atoms with Gasteiger partial charge >= 0.3 is 0 Å². The van der Waals surface area contributed by atoms with Crippen LogP contribution in [0.3, 0.4) is 0 Å². The molecular formula is C12H12Cl2F3NO2. The van der Waals surface area contributed by atoms with Crippen LogP contribution in [0.2, 0.25) is 0 Å². The molecular weight excluding hydrogens is 318 g/mol. The summed E-state index contributed by atoms with van der Waals surface area (Å²) >= 11 is 11.4. The van der Waals surface area contributed by atoms with Gasteiger partial charge in [-0.2, -0.15) is 4.39 Å². The Hall–Kier alpha value is -1.14. The van der Waals surface area contributed by atoms with Crippen molar-refractivity contribution in [1.82, 2.24) is 5.32 Å². The van der Waals surface area contributed by atoms with Crippen molar-refractivity contribution in [3.8, 4) is 5.75 Å². The normalized spacial score (nSPS) is 11.5. The van der Waals surface area contributed by atoms with Gasteiger partial charge in [0.25, 0.3) is 5.91 Å². The van der Waals surface area contributed by atoms with E-state index in [0.717, 1.165) is 0 Å². The second-order valence-corrected chi connectivity index (χ2v) is 4.77. The summed E-state index contributed by atoms with van der Waals surface area (Å²) in [4.78, 5) is 11.9. The SMILES string of the molecule is CCC(CCl)(CCl)NC(=O)c1cc(F)c(F)c(O)c1F. The van der Waals surface area contributed by atoms with Gasteiger partial charge in [-0.25, -0.2) is 8.78 Å². The Morgan fingerprint density at radius 3 is 2.30 bits per heavy atom. The van der Waals surface area contributed by atoms with Gasteiger partial charge in [0.05, 0.1) is 11.1 Å². The number of benzene rings is 1. The molecule has 0 aromatic heterocycles. The van der Waals surface area contributed by atoms with Crippen molar-refractivity contribution in [2.75, 3.05) is 11.8 Å². The average molecular weight is 330 g/mol. The standard InChI is InChI=1S/C12H12Cl2F3NO2/c1-2-12(4-13,5-14)18-11(20)6-3-7(15)9(17)10(19)8(6)16/h3,19H,2,4-5H2,1H3,(H,18,20). The molecule has 0 aliphatic heterocycles. The van der Waals surface area contributed by atoms with Gasteiger partial charge in [0.15, 0.2) is 17.4 Å². The number of halogens is 5. The van der Waals surface area contributed by atoms with E-state index in [0.29, 0.717) is 12.5 Å². The number of aromatic hydroxyl groups is 1. The summed E-state index contributed by atoms with van der Waals surface area (Å²) in [5.41, 5.74) is -1.83. The summed E-state index contributed by atoms with van der Waals surface area (Å²) in [5, 5.41) is 11.4. The van der Waals surface area contributed by atoms with E-state index in [4.69, 9.17) is 28.3 Å². The lowest BCUT2D eigenvalue weighted by Gasteiger charge is -2.29. The number of carbonyl (C=O) groups excluding carboxylic acids is 1. The lowest BCUT2D eigenvalue weighted by molar-refractivity contribution is 0.0907. The molecule has 20 heavy (non-hydrogen) atoms. The van der Waals surface area contributed by atoms with Crippen molar-refractivity contribution in [2.45, 2.75) is 18.9 Å². The van der Waals surface area contributed by atoms with Crippen molar-refractivity contribution in [1.29, 1.82) is 0 Å². The maximum atomic E-state index is 13.6. The Kier molecular flexibility index (Phi) is 5.53. The van der Waals surface area contributed by atoms with Crippen LogP contribution in [0.4, 0.5) is 13.2 Å². The topological polar surface area (TPSA) is 49.3 Å². The first kappa shape index (κ1) is 16.9. The van der Waals surface area contributed by atoms with Crippen LogP contribution in [0, 0.1) is 17.5 Å². The van der Waals surface area contributed by atoms with E-state index in [2.05, 4.69) is 5.32 Å².